The first-order valence-corrected chi connectivity index (χ1v) is 13.6. The summed E-state index contributed by atoms with van der Waals surface area (Å²) >= 11 is 0. The molecule has 0 spiro atoms. The van der Waals surface area contributed by atoms with Gasteiger partial charge in [0.2, 0.25) is 18.3 Å². The highest BCUT2D eigenvalue weighted by atomic mass is 16.2. The Labute approximate surface area is 223 Å². The molecule has 2 amide bonds. The number of fused-ring (bicyclic) bond motifs is 1. The number of nitrogens with zero attached hydrogens (tertiary/aromatic N) is 8. The summed E-state index contributed by atoms with van der Waals surface area (Å²) in [4.78, 5) is 43.3. The Morgan fingerprint density at radius 3 is 2.47 bits per heavy atom. The molecule has 0 bridgehead atoms. The van der Waals surface area contributed by atoms with Crippen LogP contribution in [0.5, 0.6) is 0 Å². The van der Waals surface area contributed by atoms with E-state index in [1.807, 2.05) is 31.7 Å². The molecule has 2 aliphatic heterocycles. The molecule has 2 saturated heterocycles. The summed E-state index contributed by atoms with van der Waals surface area (Å²) in [6, 6.07) is 0.303. The Morgan fingerprint density at radius 2 is 1.79 bits per heavy atom. The van der Waals surface area contributed by atoms with Crippen LogP contribution in [-0.2, 0) is 9.59 Å². The molecule has 0 unspecified atom stereocenters. The molecule has 202 valence electrons. The Balaban J connectivity index is 1.15. The smallest absolute Gasteiger partial charge is 0.225 e. The topological polar surface area (TPSA) is 112 Å². The van der Waals surface area contributed by atoms with Crippen LogP contribution in [0.3, 0.4) is 0 Å². The van der Waals surface area contributed by atoms with Crippen molar-refractivity contribution in [3.05, 3.63) is 36.5 Å². The molecule has 38 heavy (non-hydrogen) atoms. The van der Waals surface area contributed by atoms with Gasteiger partial charge in [-0.25, -0.2) is 9.97 Å². The van der Waals surface area contributed by atoms with E-state index >= 15 is 0 Å². The SMILES string of the molecule is CNC(=O)CCN(C=O)c1cncc2c1cnn2C1CCN(CC2CCN(c3ncc(C)cn3)CC2)CC1. The van der Waals surface area contributed by atoms with E-state index in [0.717, 1.165) is 74.4 Å². The van der Waals surface area contributed by atoms with Crippen molar-refractivity contribution in [2.75, 3.05) is 56.1 Å². The molecule has 11 nitrogen and oxygen atoms in total. The third-order valence-corrected chi connectivity index (χ3v) is 7.88. The van der Waals surface area contributed by atoms with Crippen molar-refractivity contribution in [2.45, 2.75) is 45.1 Å². The van der Waals surface area contributed by atoms with Crippen LogP contribution in [0.1, 0.15) is 43.7 Å². The zero-order chi connectivity index (χ0) is 26.5. The molecular formula is C27H37N9O2. The number of pyridine rings is 1. The second-order valence-electron chi connectivity index (χ2n) is 10.4. The first kappa shape index (κ1) is 26.0. The van der Waals surface area contributed by atoms with E-state index in [1.165, 1.54) is 17.7 Å². The van der Waals surface area contributed by atoms with E-state index in [0.29, 0.717) is 24.2 Å². The third-order valence-electron chi connectivity index (χ3n) is 7.88. The fourth-order valence-electron chi connectivity index (χ4n) is 5.62. The second-order valence-corrected chi connectivity index (χ2v) is 10.4. The number of hydrogen-bond acceptors (Lipinski definition) is 8. The van der Waals surface area contributed by atoms with Crippen molar-refractivity contribution in [1.82, 2.24) is 34.9 Å². The van der Waals surface area contributed by atoms with E-state index in [4.69, 9.17) is 5.10 Å². The Morgan fingerprint density at radius 1 is 1.05 bits per heavy atom. The van der Waals surface area contributed by atoms with E-state index in [2.05, 4.69) is 34.8 Å². The van der Waals surface area contributed by atoms with Crippen LogP contribution in [-0.4, -0.2) is 88.3 Å². The Bertz CT molecular complexity index is 1230. The summed E-state index contributed by atoms with van der Waals surface area (Å²) in [5.41, 5.74) is 2.71. The first-order valence-electron chi connectivity index (χ1n) is 13.6. The molecule has 1 N–H and O–H groups in total. The van der Waals surface area contributed by atoms with Gasteiger partial charge in [-0.3, -0.25) is 19.3 Å². The number of aryl methyl sites for hydroxylation is 1. The number of aromatic nitrogens is 5. The summed E-state index contributed by atoms with van der Waals surface area (Å²) in [6.45, 7) is 7.58. The maximum Gasteiger partial charge on any atom is 0.225 e. The lowest BCUT2D eigenvalue weighted by Crippen LogP contribution is -2.42. The molecule has 5 heterocycles. The minimum Gasteiger partial charge on any atom is -0.359 e. The lowest BCUT2D eigenvalue weighted by Gasteiger charge is -2.37. The number of amides is 2. The maximum absolute atomic E-state index is 11.8. The van der Waals surface area contributed by atoms with Gasteiger partial charge in [0.1, 0.15) is 0 Å². The number of hydrogen-bond donors (Lipinski definition) is 1. The molecule has 11 heteroatoms. The van der Waals surface area contributed by atoms with Crippen LogP contribution >= 0.6 is 0 Å². The standard InChI is InChI=1S/C27H37N9O2/c1-20-13-30-27(31-14-20)34-10-3-21(4-11-34)18-33-8-5-22(6-9-33)36-25-17-29-16-24(23(25)15-32-36)35(19-37)12-7-26(38)28-2/h13-17,19,21-22H,3-12,18H2,1-2H3,(H,28,38). The zero-order valence-corrected chi connectivity index (χ0v) is 22.3. The quantitative estimate of drug-likeness (QED) is 0.428. The van der Waals surface area contributed by atoms with E-state index in [1.54, 1.807) is 13.2 Å². The normalized spacial score (nSPS) is 17.6. The zero-order valence-electron chi connectivity index (χ0n) is 22.3. The number of piperidine rings is 2. The minimum absolute atomic E-state index is 0.106. The average Bonchev–Trinajstić information content (AvgIpc) is 3.39. The predicted molar refractivity (Wildman–Crippen MR) is 146 cm³/mol. The molecule has 0 aliphatic carbocycles. The van der Waals surface area contributed by atoms with Gasteiger partial charge in [0, 0.05) is 70.5 Å². The first-order chi connectivity index (χ1) is 18.6. The number of rotatable bonds is 9. The van der Waals surface area contributed by atoms with Crippen LogP contribution in [0.4, 0.5) is 11.6 Å². The predicted octanol–water partition coefficient (Wildman–Crippen LogP) is 2.18. The van der Waals surface area contributed by atoms with Crippen LogP contribution in [0.25, 0.3) is 10.9 Å². The summed E-state index contributed by atoms with van der Waals surface area (Å²) < 4.78 is 2.07. The van der Waals surface area contributed by atoms with Crippen molar-refractivity contribution >= 4 is 34.9 Å². The number of carbonyl (C=O) groups excluding carboxylic acids is 2. The summed E-state index contributed by atoms with van der Waals surface area (Å²) in [5.74, 6) is 1.45. The average molecular weight is 520 g/mol. The lowest BCUT2D eigenvalue weighted by atomic mass is 9.95. The molecule has 0 aromatic carbocycles. The third kappa shape index (κ3) is 5.77. The maximum atomic E-state index is 11.8. The summed E-state index contributed by atoms with van der Waals surface area (Å²) in [6.07, 6.45) is 14.5. The van der Waals surface area contributed by atoms with Gasteiger partial charge >= 0.3 is 0 Å². The lowest BCUT2D eigenvalue weighted by molar-refractivity contribution is -0.120. The van der Waals surface area contributed by atoms with Gasteiger partial charge in [0.15, 0.2) is 0 Å². The Kier molecular flexibility index (Phi) is 8.11. The number of nitrogens with one attached hydrogen (secondary N) is 1. The molecular weight excluding hydrogens is 482 g/mol. The van der Waals surface area contributed by atoms with Crippen LogP contribution in [0, 0.1) is 12.8 Å². The summed E-state index contributed by atoms with van der Waals surface area (Å²) in [7, 11) is 1.59. The summed E-state index contributed by atoms with van der Waals surface area (Å²) in [5, 5.41) is 8.19. The van der Waals surface area contributed by atoms with Crippen LogP contribution in [0.2, 0.25) is 0 Å². The van der Waals surface area contributed by atoms with Crippen molar-refractivity contribution in [2.24, 2.45) is 5.92 Å². The molecule has 2 fully saturated rings. The molecule has 5 rings (SSSR count). The molecule has 0 atom stereocenters. The van der Waals surface area contributed by atoms with Gasteiger partial charge in [-0.1, -0.05) is 0 Å². The van der Waals surface area contributed by atoms with Gasteiger partial charge < -0.3 is 20.0 Å². The molecule has 3 aromatic heterocycles. The fraction of sp³-hybridized carbons (Fsp3) is 0.556. The second kappa shape index (κ2) is 11.8. The monoisotopic (exact) mass is 519 g/mol. The van der Waals surface area contributed by atoms with Gasteiger partial charge in [0.05, 0.1) is 35.8 Å². The highest BCUT2D eigenvalue weighted by Gasteiger charge is 2.27. The number of likely N-dealkylation sites (tertiary alicyclic amines) is 1. The molecule has 3 aromatic rings. The Hall–Kier alpha value is -3.60. The van der Waals surface area contributed by atoms with Gasteiger partial charge in [0.25, 0.3) is 0 Å². The van der Waals surface area contributed by atoms with E-state index in [9.17, 15) is 9.59 Å². The van der Waals surface area contributed by atoms with E-state index in [-0.39, 0.29) is 12.3 Å². The van der Waals surface area contributed by atoms with Gasteiger partial charge in [-0.2, -0.15) is 5.10 Å². The van der Waals surface area contributed by atoms with Crippen molar-refractivity contribution in [3.8, 4) is 0 Å². The number of anilines is 2. The van der Waals surface area contributed by atoms with Crippen molar-refractivity contribution in [3.63, 3.8) is 0 Å². The van der Waals surface area contributed by atoms with Crippen LogP contribution < -0.4 is 15.1 Å². The molecule has 0 radical (unpaired) electrons. The van der Waals surface area contributed by atoms with E-state index < -0.39 is 0 Å². The highest BCUT2D eigenvalue weighted by molar-refractivity contribution is 5.96. The van der Waals surface area contributed by atoms with Crippen molar-refractivity contribution in [1.29, 1.82) is 0 Å². The minimum atomic E-state index is -0.106. The fourth-order valence-corrected chi connectivity index (χ4v) is 5.62. The molecule has 2 aliphatic rings. The van der Waals surface area contributed by atoms with Gasteiger partial charge in [-0.15, -0.1) is 0 Å². The van der Waals surface area contributed by atoms with Crippen molar-refractivity contribution < 1.29 is 9.59 Å². The van der Waals surface area contributed by atoms with Crippen LogP contribution in [0.15, 0.2) is 31.0 Å². The number of carbonyl (C=O) groups is 2. The van der Waals surface area contributed by atoms with Gasteiger partial charge in [-0.05, 0) is 44.1 Å². The molecule has 0 saturated carbocycles. The highest BCUT2D eigenvalue weighted by Crippen LogP contribution is 2.31. The largest absolute Gasteiger partial charge is 0.359 e.